The minimum atomic E-state index is 0.621. The van der Waals surface area contributed by atoms with Gasteiger partial charge in [-0.3, -0.25) is 4.68 Å². The van der Waals surface area contributed by atoms with Gasteiger partial charge in [-0.1, -0.05) is 13.3 Å². The highest BCUT2D eigenvalue weighted by Crippen LogP contribution is 2.33. The molecule has 2 rings (SSSR count). The molecular formula is C15H27N3O. The molecule has 1 saturated carbocycles. The van der Waals surface area contributed by atoms with E-state index in [9.17, 15) is 0 Å². The molecule has 0 amide bonds. The summed E-state index contributed by atoms with van der Waals surface area (Å²) >= 11 is 0. The van der Waals surface area contributed by atoms with Gasteiger partial charge in [-0.25, -0.2) is 0 Å². The molecule has 1 aromatic heterocycles. The first kappa shape index (κ1) is 14.5. The quantitative estimate of drug-likeness (QED) is 0.771. The van der Waals surface area contributed by atoms with Crippen LogP contribution >= 0.6 is 0 Å². The number of nitrogens with one attached hydrogen (secondary N) is 1. The summed E-state index contributed by atoms with van der Waals surface area (Å²) in [6.45, 7) is 4.84. The zero-order valence-corrected chi connectivity index (χ0v) is 12.3. The minimum absolute atomic E-state index is 0.621. The Balaban J connectivity index is 1.77. The van der Waals surface area contributed by atoms with E-state index in [-0.39, 0.29) is 0 Å². The van der Waals surface area contributed by atoms with Gasteiger partial charge >= 0.3 is 0 Å². The molecule has 4 heteroatoms. The van der Waals surface area contributed by atoms with Gasteiger partial charge in [-0.05, 0) is 31.6 Å². The van der Waals surface area contributed by atoms with E-state index in [0.717, 1.165) is 25.6 Å². The number of hydrogen-bond acceptors (Lipinski definition) is 3. The number of ether oxygens (including phenoxy) is 1. The van der Waals surface area contributed by atoms with Gasteiger partial charge in [0, 0.05) is 32.0 Å². The van der Waals surface area contributed by atoms with Crippen molar-refractivity contribution in [3.63, 3.8) is 0 Å². The van der Waals surface area contributed by atoms with Crippen LogP contribution in [0.2, 0.25) is 0 Å². The fourth-order valence-corrected chi connectivity index (χ4v) is 2.89. The molecule has 1 aliphatic rings. The fourth-order valence-electron chi connectivity index (χ4n) is 2.89. The first-order chi connectivity index (χ1) is 9.33. The Kier molecular flexibility index (Phi) is 5.86. The van der Waals surface area contributed by atoms with Crippen molar-refractivity contribution < 1.29 is 4.74 Å². The topological polar surface area (TPSA) is 39.1 Å². The Morgan fingerprint density at radius 3 is 2.84 bits per heavy atom. The predicted molar refractivity (Wildman–Crippen MR) is 77.1 cm³/mol. The summed E-state index contributed by atoms with van der Waals surface area (Å²) in [6.07, 6.45) is 10.8. The van der Waals surface area contributed by atoms with Crippen molar-refractivity contribution in [2.24, 2.45) is 5.92 Å². The van der Waals surface area contributed by atoms with Crippen LogP contribution in [0, 0.1) is 5.92 Å². The highest BCUT2D eigenvalue weighted by atomic mass is 16.5. The van der Waals surface area contributed by atoms with Gasteiger partial charge in [0.25, 0.3) is 0 Å². The summed E-state index contributed by atoms with van der Waals surface area (Å²) in [5, 5.41) is 7.89. The zero-order chi connectivity index (χ0) is 13.5. The SMILES string of the molecule is CCC1CCC(n2cc(CNCCOC)cn2)CC1. The van der Waals surface area contributed by atoms with Crippen LogP contribution < -0.4 is 5.32 Å². The van der Waals surface area contributed by atoms with E-state index < -0.39 is 0 Å². The number of aromatic nitrogens is 2. The number of methoxy groups -OCH3 is 1. The molecule has 19 heavy (non-hydrogen) atoms. The summed E-state index contributed by atoms with van der Waals surface area (Å²) in [5.74, 6) is 0.946. The Morgan fingerprint density at radius 1 is 1.37 bits per heavy atom. The van der Waals surface area contributed by atoms with Crippen LogP contribution in [0.5, 0.6) is 0 Å². The molecule has 1 fully saturated rings. The molecule has 108 valence electrons. The summed E-state index contributed by atoms with van der Waals surface area (Å²) in [7, 11) is 1.73. The summed E-state index contributed by atoms with van der Waals surface area (Å²) in [6, 6.07) is 0.621. The van der Waals surface area contributed by atoms with Crippen molar-refractivity contribution in [2.75, 3.05) is 20.3 Å². The van der Waals surface area contributed by atoms with E-state index in [4.69, 9.17) is 4.74 Å². The second kappa shape index (κ2) is 7.65. The monoisotopic (exact) mass is 265 g/mol. The van der Waals surface area contributed by atoms with E-state index >= 15 is 0 Å². The largest absolute Gasteiger partial charge is 0.383 e. The van der Waals surface area contributed by atoms with Gasteiger partial charge in [-0.2, -0.15) is 5.10 Å². The smallest absolute Gasteiger partial charge is 0.0587 e. The highest BCUT2D eigenvalue weighted by Gasteiger charge is 2.21. The maximum Gasteiger partial charge on any atom is 0.0587 e. The lowest BCUT2D eigenvalue weighted by Crippen LogP contribution is -2.19. The normalized spacial score (nSPS) is 23.7. The van der Waals surface area contributed by atoms with Crippen LogP contribution in [0.1, 0.15) is 50.6 Å². The summed E-state index contributed by atoms with van der Waals surface area (Å²) < 4.78 is 7.20. The molecule has 1 aliphatic carbocycles. The van der Waals surface area contributed by atoms with E-state index in [0.29, 0.717) is 6.04 Å². The molecule has 0 bridgehead atoms. The third kappa shape index (κ3) is 4.32. The molecule has 1 aromatic rings. The van der Waals surface area contributed by atoms with Crippen LogP contribution in [-0.2, 0) is 11.3 Å². The van der Waals surface area contributed by atoms with E-state index in [1.165, 1.54) is 37.7 Å². The van der Waals surface area contributed by atoms with Gasteiger partial charge in [0.1, 0.15) is 0 Å². The van der Waals surface area contributed by atoms with Crippen molar-refractivity contribution in [3.8, 4) is 0 Å². The van der Waals surface area contributed by atoms with Gasteiger partial charge in [0.2, 0.25) is 0 Å². The number of hydrogen-bond donors (Lipinski definition) is 1. The van der Waals surface area contributed by atoms with Crippen LogP contribution in [0.4, 0.5) is 0 Å². The van der Waals surface area contributed by atoms with Crippen molar-refractivity contribution in [2.45, 2.75) is 51.6 Å². The van der Waals surface area contributed by atoms with E-state index in [1.807, 2.05) is 6.20 Å². The van der Waals surface area contributed by atoms with Gasteiger partial charge in [0.05, 0.1) is 18.8 Å². The first-order valence-corrected chi connectivity index (χ1v) is 7.56. The van der Waals surface area contributed by atoms with Gasteiger partial charge < -0.3 is 10.1 Å². The molecule has 0 unspecified atom stereocenters. The van der Waals surface area contributed by atoms with Crippen molar-refractivity contribution in [3.05, 3.63) is 18.0 Å². The Bertz CT molecular complexity index is 356. The molecule has 0 aromatic carbocycles. The standard InChI is InChI=1S/C15H27N3O/c1-3-13-4-6-15(7-5-13)18-12-14(11-17-18)10-16-8-9-19-2/h11-13,15-16H,3-10H2,1-2H3. The summed E-state index contributed by atoms with van der Waals surface area (Å²) in [5.41, 5.74) is 1.27. The Morgan fingerprint density at radius 2 is 2.16 bits per heavy atom. The maximum atomic E-state index is 5.02. The molecule has 0 aliphatic heterocycles. The zero-order valence-electron chi connectivity index (χ0n) is 12.3. The third-order valence-corrected chi connectivity index (χ3v) is 4.23. The molecular weight excluding hydrogens is 238 g/mol. The number of rotatable bonds is 7. The average Bonchev–Trinajstić information content (AvgIpc) is 2.92. The molecule has 0 saturated heterocycles. The lowest BCUT2D eigenvalue weighted by molar-refractivity contribution is 0.199. The van der Waals surface area contributed by atoms with Crippen LogP contribution in [0.15, 0.2) is 12.4 Å². The van der Waals surface area contributed by atoms with Gasteiger partial charge in [0.15, 0.2) is 0 Å². The molecule has 1 N–H and O–H groups in total. The molecule has 4 nitrogen and oxygen atoms in total. The molecule has 0 spiro atoms. The molecule has 0 radical (unpaired) electrons. The van der Waals surface area contributed by atoms with E-state index in [1.54, 1.807) is 7.11 Å². The third-order valence-electron chi connectivity index (χ3n) is 4.23. The molecule has 1 heterocycles. The van der Waals surface area contributed by atoms with Crippen molar-refractivity contribution >= 4 is 0 Å². The van der Waals surface area contributed by atoms with Crippen molar-refractivity contribution in [1.82, 2.24) is 15.1 Å². The second-order valence-corrected chi connectivity index (χ2v) is 5.58. The first-order valence-electron chi connectivity index (χ1n) is 7.56. The predicted octanol–water partition coefficient (Wildman–Crippen LogP) is 2.76. The Labute approximate surface area is 116 Å². The Hall–Kier alpha value is -0.870. The highest BCUT2D eigenvalue weighted by molar-refractivity contribution is 5.04. The lowest BCUT2D eigenvalue weighted by Gasteiger charge is -2.27. The van der Waals surface area contributed by atoms with E-state index in [2.05, 4.69) is 28.2 Å². The van der Waals surface area contributed by atoms with Crippen molar-refractivity contribution in [1.29, 1.82) is 0 Å². The van der Waals surface area contributed by atoms with Gasteiger partial charge in [-0.15, -0.1) is 0 Å². The number of nitrogens with zero attached hydrogens (tertiary/aromatic N) is 2. The van der Waals surface area contributed by atoms with Crippen LogP contribution in [-0.4, -0.2) is 30.0 Å². The summed E-state index contributed by atoms with van der Waals surface area (Å²) in [4.78, 5) is 0. The average molecular weight is 265 g/mol. The fraction of sp³-hybridized carbons (Fsp3) is 0.800. The lowest BCUT2D eigenvalue weighted by atomic mass is 9.85. The van der Waals surface area contributed by atoms with Crippen LogP contribution in [0.3, 0.4) is 0 Å². The molecule has 0 atom stereocenters. The minimum Gasteiger partial charge on any atom is -0.383 e. The maximum absolute atomic E-state index is 5.02. The second-order valence-electron chi connectivity index (χ2n) is 5.58. The van der Waals surface area contributed by atoms with Crippen LogP contribution in [0.25, 0.3) is 0 Å².